The smallest absolute Gasteiger partial charge is 0.224 e. The minimum Gasteiger partial charge on any atom is -0.382 e. The molecular weight excluding hydrogens is 262 g/mol. The van der Waals surface area contributed by atoms with Crippen LogP contribution in [0.5, 0.6) is 0 Å². The molecule has 0 radical (unpaired) electrons. The van der Waals surface area contributed by atoms with E-state index in [-0.39, 0.29) is 5.91 Å². The number of nitrogens with zero attached hydrogens (tertiary/aromatic N) is 1. The number of piperidine rings is 1. The lowest BCUT2D eigenvalue weighted by Gasteiger charge is -2.35. The summed E-state index contributed by atoms with van der Waals surface area (Å²) in [6, 6.07) is 9.44. The first-order valence-electron chi connectivity index (χ1n) is 8.15. The quantitative estimate of drug-likeness (QED) is 0.894. The van der Waals surface area contributed by atoms with E-state index in [1.807, 2.05) is 19.1 Å². The van der Waals surface area contributed by atoms with E-state index in [0.29, 0.717) is 12.5 Å². The second-order valence-corrected chi connectivity index (χ2v) is 6.18. The molecule has 4 heteroatoms. The molecule has 2 fully saturated rings. The first kappa shape index (κ1) is 14.4. The van der Waals surface area contributed by atoms with Crippen molar-refractivity contribution in [1.29, 1.82) is 0 Å². The average molecular weight is 287 g/mol. The number of hydrogen-bond acceptors (Lipinski definition) is 3. The van der Waals surface area contributed by atoms with Gasteiger partial charge in [-0.3, -0.25) is 4.79 Å². The Morgan fingerprint density at radius 2 is 1.95 bits per heavy atom. The van der Waals surface area contributed by atoms with Gasteiger partial charge in [0.05, 0.1) is 0 Å². The van der Waals surface area contributed by atoms with Crippen molar-refractivity contribution in [2.24, 2.45) is 0 Å². The molecule has 2 aliphatic heterocycles. The fourth-order valence-corrected chi connectivity index (χ4v) is 3.49. The number of nitrogens with one attached hydrogen (secondary N) is 2. The van der Waals surface area contributed by atoms with Crippen molar-refractivity contribution < 1.29 is 4.79 Å². The number of anilines is 2. The van der Waals surface area contributed by atoms with Crippen LogP contribution in [-0.2, 0) is 4.79 Å². The van der Waals surface area contributed by atoms with E-state index in [1.165, 1.54) is 38.8 Å². The molecule has 0 bridgehead atoms. The van der Waals surface area contributed by atoms with Crippen molar-refractivity contribution in [3.8, 4) is 0 Å². The Morgan fingerprint density at radius 1 is 1.19 bits per heavy atom. The SMILES string of the molecule is CCC(=O)Nc1ccc(NC2CCN3CCCC3C2)cc1. The van der Waals surface area contributed by atoms with Gasteiger partial charge in [-0.1, -0.05) is 6.92 Å². The molecule has 2 heterocycles. The Bertz CT molecular complexity index is 485. The Hall–Kier alpha value is -1.55. The van der Waals surface area contributed by atoms with E-state index in [4.69, 9.17) is 0 Å². The minimum atomic E-state index is 0.0596. The van der Waals surface area contributed by atoms with E-state index in [1.54, 1.807) is 0 Å². The molecule has 21 heavy (non-hydrogen) atoms. The molecule has 1 amide bonds. The van der Waals surface area contributed by atoms with Gasteiger partial charge in [0, 0.05) is 36.4 Å². The number of carbonyl (C=O) groups excluding carboxylic acids is 1. The maximum Gasteiger partial charge on any atom is 0.224 e. The molecule has 0 saturated carbocycles. The molecule has 3 rings (SSSR count). The van der Waals surface area contributed by atoms with Gasteiger partial charge in [-0.15, -0.1) is 0 Å². The maximum atomic E-state index is 11.4. The molecule has 2 atom stereocenters. The maximum absolute atomic E-state index is 11.4. The Balaban J connectivity index is 1.54. The first-order valence-corrected chi connectivity index (χ1v) is 8.15. The predicted octanol–water partition coefficient (Wildman–Crippen LogP) is 3.07. The van der Waals surface area contributed by atoms with E-state index in [2.05, 4.69) is 27.7 Å². The van der Waals surface area contributed by atoms with Gasteiger partial charge in [-0.05, 0) is 56.5 Å². The minimum absolute atomic E-state index is 0.0596. The molecule has 0 aromatic heterocycles. The van der Waals surface area contributed by atoms with Crippen LogP contribution >= 0.6 is 0 Å². The highest BCUT2D eigenvalue weighted by Gasteiger charge is 2.31. The summed E-state index contributed by atoms with van der Waals surface area (Å²) < 4.78 is 0. The summed E-state index contributed by atoms with van der Waals surface area (Å²) >= 11 is 0. The Labute approximate surface area is 126 Å². The molecule has 2 N–H and O–H groups in total. The van der Waals surface area contributed by atoms with Gasteiger partial charge in [-0.25, -0.2) is 0 Å². The number of hydrogen-bond donors (Lipinski definition) is 2. The predicted molar refractivity (Wildman–Crippen MR) is 86.6 cm³/mol. The molecule has 2 saturated heterocycles. The van der Waals surface area contributed by atoms with Crippen LogP contribution < -0.4 is 10.6 Å². The largest absolute Gasteiger partial charge is 0.382 e. The zero-order valence-electron chi connectivity index (χ0n) is 12.8. The summed E-state index contributed by atoms with van der Waals surface area (Å²) in [5, 5.41) is 6.53. The summed E-state index contributed by atoms with van der Waals surface area (Å²) in [5.74, 6) is 0.0596. The summed E-state index contributed by atoms with van der Waals surface area (Å²) in [6.45, 7) is 4.39. The summed E-state index contributed by atoms with van der Waals surface area (Å²) in [7, 11) is 0. The number of carbonyl (C=O) groups is 1. The molecular formula is C17H25N3O. The van der Waals surface area contributed by atoms with Gasteiger partial charge in [-0.2, -0.15) is 0 Å². The summed E-state index contributed by atoms with van der Waals surface area (Å²) in [4.78, 5) is 14.0. The number of fused-ring (bicyclic) bond motifs is 1. The second-order valence-electron chi connectivity index (χ2n) is 6.18. The number of rotatable bonds is 4. The summed E-state index contributed by atoms with van der Waals surface area (Å²) in [5.41, 5.74) is 2.03. The molecule has 114 valence electrons. The third-order valence-corrected chi connectivity index (χ3v) is 4.68. The van der Waals surface area contributed by atoms with Crippen LogP contribution in [0.4, 0.5) is 11.4 Å². The van der Waals surface area contributed by atoms with Gasteiger partial charge in [0.25, 0.3) is 0 Å². The van der Waals surface area contributed by atoms with Crippen molar-refractivity contribution in [2.75, 3.05) is 23.7 Å². The lowest BCUT2D eigenvalue weighted by molar-refractivity contribution is -0.115. The zero-order chi connectivity index (χ0) is 14.7. The summed E-state index contributed by atoms with van der Waals surface area (Å²) in [6.07, 6.45) is 5.72. The van der Waals surface area contributed by atoms with Gasteiger partial charge in [0.1, 0.15) is 0 Å². The lowest BCUT2D eigenvalue weighted by Crippen LogP contribution is -2.42. The van der Waals surface area contributed by atoms with Crippen LogP contribution in [0.2, 0.25) is 0 Å². The normalized spacial score (nSPS) is 25.4. The van der Waals surface area contributed by atoms with Crippen LogP contribution in [0.3, 0.4) is 0 Å². The third kappa shape index (κ3) is 3.56. The molecule has 4 nitrogen and oxygen atoms in total. The highest BCUT2D eigenvalue weighted by molar-refractivity contribution is 5.90. The Morgan fingerprint density at radius 3 is 2.71 bits per heavy atom. The second kappa shape index (κ2) is 6.48. The van der Waals surface area contributed by atoms with Crippen LogP contribution in [0.1, 0.15) is 39.0 Å². The van der Waals surface area contributed by atoms with Gasteiger partial charge in [0.2, 0.25) is 5.91 Å². The van der Waals surface area contributed by atoms with E-state index >= 15 is 0 Å². The van der Waals surface area contributed by atoms with E-state index in [0.717, 1.165) is 17.4 Å². The topological polar surface area (TPSA) is 44.4 Å². The van der Waals surface area contributed by atoms with E-state index < -0.39 is 0 Å². The van der Waals surface area contributed by atoms with Gasteiger partial charge >= 0.3 is 0 Å². The standard InChI is InChI=1S/C17H25N3O/c1-2-17(21)19-14-7-5-13(6-8-14)18-15-9-11-20-10-3-4-16(20)12-15/h5-8,15-16,18H,2-4,9-12H2,1H3,(H,19,21). The van der Waals surface area contributed by atoms with Gasteiger partial charge < -0.3 is 15.5 Å². The lowest BCUT2D eigenvalue weighted by atomic mass is 9.97. The Kier molecular flexibility index (Phi) is 4.44. The zero-order valence-corrected chi connectivity index (χ0v) is 12.8. The van der Waals surface area contributed by atoms with Crippen molar-refractivity contribution in [2.45, 2.75) is 51.1 Å². The number of benzene rings is 1. The van der Waals surface area contributed by atoms with E-state index in [9.17, 15) is 4.79 Å². The van der Waals surface area contributed by atoms with Crippen molar-refractivity contribution in [3.63, 3.8) is 0 Å². The van der Waals surface area contributed by atoms with Crippen LogP contribution in [0.15, 0.2) is 24.3 Å². The van der Waals surface area contributed by atoms with Crippen molar-refractivity contribution in [1.82, 2.24) is 4.90 Å². The van der Waals surface area contributed by atoms with Crippen LogP contribution in [-0.4, -0.2) is 36.0 Å². The fraction of sp³-hybridized carbons (Fsp3) is 0.588. The third-order valence-electron chi connectivity index (χ3n) is 4.68. The van der Waals surface area contributed by atoms with Crippen LogP contribution in [0.25, 0.3) is 0 Å². The first-order chi connectivity index (χ1) is 10.2. The number of amides is 1. The molecule has 0 spiro atoms. The molecule has 1 aromatic carbocycles. The average Bonchev–Trinajstić information content (AvgIpc) is 2.96. The van der Waals surface area contributed by atoms with Crippen LogP contribution in [0, 0.1) is 0 Å². The van der Waals surface area contributed by atoms with Gasteiger partial charge in [0.15, 0.2) is 0 Å². The molecule has 2 unspecified atom stereocenters. The highest BCUT2D eigenvalue weighted by atomic mass is 16.1. The molecule has 1 aromatic rings. The molecule has 0 aliphatic carbocycles. The monoisotopic (exact) mass is 287 g/mol. The fourth-order valence-electron chi connectivity index (χ4n) is 3.49. The molecule has 2 aliphatic rings. The van der Waals surface area contributed by atoms with Crippen molar-refractivity contribution >= 4 is 17.3 Å². The van der Waals surface area contributed by atoms with Crippen molar-refractivity contribution in [3.05, 3.63) is 24.3 Å². The highest BCUT2D eigenvalue weighted by Crippen LogP contribution is 2.28.